The molecule has 0 spiro atoms. The lowest BCUT2D eigenvalue weighted by Gasteiger charge is -2.15. The number of rotatable bonds is 4. The van der Waals surface area contributed by atoms with E-state index in [4.69, 9.17) is 10.5 Å². The fourth-order valence-electron chi connectivity index (χ4n) is 1.84. The third-order valence-electron chi connectivity index (χ3n) is 3.01. The molecule has 0 aliphatic carbocycles. The summed E-state index contributed by atoms with van der Waals surface area (Å²) in [5.74, 6) is 2.23. The molecule has 1 aromatic carbocycles. The number of anilines is 2. The van der Waals surface area contributed by atoms with Crippen molar-refractivity contribution in [3.8, 4) is 11.6 Å². The van der Waals surface area contributed by atoms with Crippen LogP contribution < -0.4 is 15.4 Å². The molecule has 2 rings (SSSR count). The van der Waals surface area contributed by atoms with Gasteiger partial charge in [-0.1, -0.05) is 26.0 Å². The molecule has 20 heavy (non-hydrogen) atoms. The van der Waals surface area contributed by atoms with Crippen LogP contribution in [-0.4, -0.2) is 24.1 Å². The van der Waals surface area contributed by atoms with Crippen LogP contribution in [0.25, 0.3) is 0 Å². The summed E-state index contributed by atoms with van der Waals surface area (Å²) in [6.07, 6.45) is 1.45. The van der Waals surface area contributed by atoms with Gasteiger partial charge in [0.25, 0.3) is 0 Å². The molecule has 1 aromatic heterocycles. The number of hydrogen-bond donors (Lipinski definition) is 1. The molecule has 0 amide bonds. The molecule has 0 aliphatic heterocycles. The molecule has 0 radical (unpaired) electrons. The number of ether oxygens (including phenoxy) is 1. The summed E-state index contributed by atoms with van der Waals surface area (Å²) in [5.41, 5.74) is 7.72. The van der Waals surface area contributed by atoms with Crippen molar-refractivity contribution in [1.82, 2.24) is 9.97 Å². The predicted octanol–water partition coefficient (Wildman–Crippen LogP) is 3.04. The van der Waals surface area contributed by atoms with Crippen molar-refractivity contribution in [2.24, 2.45) is 0 Å². The molecule has 0 bridgehead atoms. The number of aromatic nitrogens is 2. The Bertz CT molecular complexity index is 579. The second-order valence-corrected chi connectivity index (χ2v) is 5.14. The summed E-state index contributed by atoms with van der Waals surface area (Å²) in [4.78, 5) is 10.0. The molecule has 1 heterocycles. The van der Waals surface area contributed by atoms with Gasteiger partial charge in [0.1, 0.15) is 17.8 Å². The van der Waals surface area contributed by atoms with Gasteiger partial charge in [0, 0.05) is 14.1 Å². The van der Waals surface area contributed by atoms with Gasteiger partial charge < -0.3 is 15.4 Å². The minimum atomic E-state index is 0.376. The fourth-order valence-corrected chi connectivity index (χ4v) is 1.84. The van der Waals surface area contributed by atoms with Crippen molar-refractivity contribution in [1.29, 1.82) is 0 Å². The first kappa shape index (κ1) is 14.1. The van der Waals surface area contributed by atoms with E-state index in [1.807, 2.05) is 43.3 Å². The van der Waals surface area contributed by atoms with Crippen LogP contribution in [0.4, 0.5) is 11.5 Å². The summed E-state index contributed by atoms with van der Waals surface area (Å²) in [6, 6.07) is 7.94. The third kappa shape index (κ3) is 2.99. The highest BCUT2D eigenvalue weighted by Gasteiger charge is 2.11. The lowest BCUT2D eigenvalue weighted by atomic mass is 10.0. The van der Waals surface area contributed by atoms with Crippen molar-refractivity contribution < 1.29 is 4.74 Å². The van der Waals surface area contributed by atoms with E-state index in [1.54, 1.807) is 0 Å². The van der Waals surface area contributed by atoms with Crippen LogP contribution in [0.15, 0.2) is 30.6 Å². The second kappa shape index (κ2) is 5.77. The van der Waals surface area contributed by atoms with Gasteiger partial charge in [0.05, 0.1) is 0 Å². The summed E-state index contributed by atoms with van der Waals surface area (Å²) in [6.45, 7) is 4.31. The molecule has 0 fully saturated rings. The second-order valence-electron chi connectivity index (χ2n) is 5.14. The van der Waals surface area contributed by atoms with Crippen molar-refractivity contribution >= 4 is 11.5 Å². The minimum Gasteiger partial charge on any atom is -0.437 e. The molecule has 5 nitrogen and oxygen atoms in total. The number of benzene rings is 1. The van der Waals surface area contributed by atoms with E-state index >= 15 is 0 Å². The first-order chi connectivity index (χ1) is 9.49. The van der Waals surface area contributed by atoms with E-state index in [0.29, 0.717) is 29.1 Å². The van der Waals surface area contributed by atoms with Gasteiger partial charge in [-0.05, 0) is 23.6 Å². The lowest BCUT2D eigenvalue weighted by Crippen LogP contribution is -2.14. The standard InChI is InChI=1S/C15H20N4O/c1-10(2)11-5-7-12(8-6-11)20-15-13(16)14(19(3)4)17-9-18-15/h5-10H,16H2,1-4H3. The van der Waals surface area contributed by atoms with Gasteiger partial charge in [-0.25, -0.2) is 4.98 Å². The first-order valence-corrected chi connectivity index (χ1v) is 6.54. The highest BCUT2D eigenvalue weighted by atomic mass is 16.5. The normalized spacial score (nSPS) is 10.7. The van der Waals surface area contributed by atoms with E-state index in [1.165, 1.54) is 11.9 Å². The van der Waals surface area contributed by atoms with Gasteiger partial charge in [0.2, 0.25) is 5.88 Å². The number of nitrogens with two attached hydrogens (primary N) is 1. The first-order valence-electron chi connectivity index (χ1n) is 6.54. The molecule has 0 unspecified atom stereocenters. The van der Waals surface area contributed by atoms with Crippen LogP contribution in [0, 0.1) is 0 Å². The average molecular weight is 272 g/mol. The quantitative estimate of drug-likeness (QED) is 0.926. The zero-order valence-electron chi connectivity index (χ0n) is 12.3. The molecule has 0 atom stereocenters. The minimum absolute atomic E-state index is 0.376. The predicted molar refractivity (Wildman–Crippen MR) is 81.4 cm³/mol. The molecule has 5 heteroatoms. The van der Waals surface area contributed by atoms with E-state index in [2.05, 4.69) is 23.8 Å². The molecule has 106 valence electrons. The molecule has 0 saturated heterocycles. The number of nitrogens with zero attached hydrogens (tertiary/aromatic N) is 3. The number of hydrogen-bond acceptors (Lipinski definition) is 5. The number of nitrogen functional groups attached to an aromatic ring is 1. The van der Waals surface area contributed by atoms with Gasteiger partial charge >= 0.3 is 0 Å². The van der Waals surface area contributed by atoms with Crippen LogP contribution >= 0.6 is 0 Å². The zero-order valence-corrected chi connectivity index (χ0v) is 12.3. The van der Waals surface area contributed by atoms with Crippen LogP contribution in [0.3, 0.4) is 0 Å². The maximum atomic E-state index is 6.02. The highest BCUT2D eigenvalue weighted by molar-refractivity contribution is 5.67. The van der Waals surface area contributed by atoms with Crippen molar-refractivity contribution in [2.75, 3.05) is 24.7 Å². The summed E-state index contributed by atoms with van der Waals surface area (Å²) >= 11 is 0. The van der Waals surface area contributed by atoms with E-state index in [9.17, 15) is 0 Å². The van der Waals surface area contributed by atoms with Crippen LogP contribution in [0.1, 0.15) is 25.3 Å². The fraction of sp³-hybridized carbons (Fsp3) is 0.333. The molecular formula is C15H20N4O. The summed E-state index contributed by atoms with van der Waals surface area (Å²) in [5, 5.41) is 0. The Morgan fingerprint density at radius 2 is 1.75 bits per heavy atom. The van der Waals surface area contributed by atoms with E-state index in [-0.39, 0.29) is 0 Å². The molecule has 0 aliphatic rings. The third-order valence-corrected chi connectivity index (χ3v) is 3.01. The maximum Gasteiger partial charge on any atom is 0.248 e. The Morgan fingerprint density at radius 3 is 2.30 bits per heavy atom. The molecular weight excluding hydrogens is 252 g/mol. The Kier molecular flexibility index (Phi) is 4.08. The van der Waals surface area contributed by atoms with E-state index < -0.39 is 0 Å². The van der Waals surface area contributed by atoms with E-state index in [0.717, 1.165) is 0 Å². The summed E-state index contributed by atoms with van der Waals surface area (Å²) < 4.78 is 5.73. The van der Waals surface area contributed by atoms with Gasteiger partial charge in [0.15, 0.2) is 5.82 Å². The highest BCUT2D eigenvalue weighted by Crippen LogP contribution is 2.30. The smallest absolute Gasteiger partial charge is 0.248 e. The topological polar surface area (TPSA) is 64.3 Å². The Labute approximate surface area is 119 Å². The van der Waals surface area contributed by atoms with Crippen LogP contribution in [-0.2, 0) is 0 Å². The summed E-state index contributed by atoms with van der Waals surface area (Å²) in [7, 11) is 3.75. The zero-order chi connectivity index (χ0) is 14.7. The van der Waals surface area contributed by atoms with Crippen LogP contribution in [0.5, 0.6) is 11.6 Å². The molecule has 2 aromatic rings. The Hall–Kier alpha value is -2.30. The SMILES string of the molecule is CC(C)c1ccc(Oc2ncnc(N(C)C)c2N)cc1. The molecule has 0 saturated carbocycles. The van der Waals surface area contributed by atoms with Gasteiger partial charge in [-0.15, -0.1) is 0 Å². The van der Waals surface area contributed by atoms with Crippen molar-refractivity contribution in [3.63, 3.8) is 0 Å². The Morgan fingerprint density at radius 1 is 1.10 bits per heavy atom. The van der Waals surface area contributed by atoms with Gasteiger partial charge in [-0.3, -0.25) is 0 Å². The lowest BCUT2D eigenvalue weighted by molar-refractivity contribution is 0.464. The Balaban J connectivity index is 2.24. The van der Waals surface area contributed by atoms with Crippen molar-refractivity contribution in [2.45, 2.75) is 19.8 Å². The monoisotopic (exact) mass is 272 g/mol. The van der Waals surface area contributed by atoms with Crippen molar-refractivity contribution in [3.05, 3.63) is 36.2 Å². The average Bonchev–Trinajstić information content (AvgIpc) is 2.41. The molecule has 2 N–H and O–H groups in total. The largest absolute Gasteiger partial charge is 0.437 e. The maximum absolute atomic E-state index is 6.02. The van der Waals surface area contributed by atoms with Crippen LogP contribution in [0.2, 0.25) is 0 Å². The van der Waals surface area contributed by atoms with Gasteiger partial charge in [-0.2, -0.15) is 4.98 Å².